The zero-order valence-corrected chi connectivity index (χ0v) is 21.6. The quantitative estimate of drug-likeness (QED) is 0.256. The van der Waals surface area contributed by atoms with Crippen LogP contribution in [0.5, 0.6) is 17.2 Å². The third-order valence-corrected chi connectivity index (χ3v) is 7.35. The Morgan fingerprint density at radius 3 is 2.08 bits per heavy atom. The third-order valence-electron chi connectivity index (χ3n) is 6.32. The van der Waals surface area contributed by atoms with E-state index in [0.717, 1.165) is 75.7 Å². The van der Waals surface area contributed by atoms with Gasteiger partial charge in [0.2, 0.25) is 0 Å². The molecule has 0 N–H and O–H groups in total. The zero-order chi connectivity index (χ0) is 24.9. The molecule has 3 aromatic carbocycles. The molecule has 1 fully saturated rings. The lowest BCUT2D eigenvalue weighted by Crippen LogP contribution is -2.19. The summed E-state index contributed by atoms with van der Waals surface area (Å²) in [6, 6.07) is 24.2. The summed E-state index contributed by atoms with van der Waals surface area (Å²) in [6.45, 7) is 0.738. The molecule has 186 valence electrons. The van der Waals surface area contributed by atoms with Gasteiger partial charge in [-0.05, 0) is 91.7 Å². The monoisotopic (exact) mass is 502 g/mol. The van der Waals surface area contributed by atoms with Crippen molar-refractivity contribution in [2.24, 2.45) is 0 Å². The first-order chi connectivity index (χ1) is 17.7. The topological polar surface area (TPSA) is 54.7 Å². The highest BCUT2D eigenvalue weighted by molar-refractivity contribution is 7.99. The number of benzene rings is 3. The number of nitrogens with zero attached hydrogens (tertiary/aromatic N) is 2. The van der Waals surface area contributed by atoms with Gasteiger partial charge in [-0.3, -0.25) is 4.57 Å². The summed E-state index contributed by atoms with van der Waals surface area (Å²) in [5, 5.41) is 0.864. The van der Waals surface area contributed by atoms with Crippen LogP contribution >= 0.6 is 11.8 Å². The van der Waals surface area contributed by atoms with Crippen molar-refractivity contribution in [1.29, 1.82) is 0 Å². The Labute approximate surface area is 216 Å². The molecule has 1 unspecified atom stereocenters. The fraction of sp³-hybridized carbons (Fsp3) is 0.276. The first kappa shape index (κ1) is 24.3. The molecule has 1 aromatic heterocycles. The van der Waals surface area contributed by atoms with Gasteiger partial charge in [0.1, 0.15) is 23.5 Å². The molecule has 0 aliphatic carbocycles. The van der Waals surface area contributed by atoms with Crippen LogP contribution < -0.4 is 14.2 Å². The Balaban J connectivity index is 1.72. The molecule has 1 aliphatic heterocycles. The molecule has 0 saturated carbocycles. The van der Waals surface area contributed by atoms with Gasteiger partial charge in [-0.15, -0.1) is 0 Å². The third kappa shape index (κ3) is 4.94. The van der Waals surface area contributed by atoms with E-state index < -0.39 is 0 Å². The number of methoxy groups -OCH3 is 3. The zero-order valence-electron chi connectivity index (χ0n) is 20.8. The van der Waals surface area contributed by atoms with Gasteiger partial charge in [-0.2, -0.15) is 0 Å². The van der Waals surface area contributed by atoms with Crippen LogP contribution in [0.3, 0.4) is 0 Å². The summed E-state index contributed by atoms with van der Waals surface area (Å²) in [5.41, 5.74) is 3.98. The predicted molar refractivity (Wildman–Crippen MR) is 142 cm³/mol. The van der Waals surface area contributed by atoms with Crippen molar-refractivity contribution in [2.45, 2.75) is 35.5 Å². The van der Waals surface area contributed by atoms with Gasteiger partial charge in [0, 0.05) is 17.7 Å². The highest BCUT2D eigenvalue weighted by Crippen LogP contribution is 2.44. The minimum absolute atomic E-state index is 0.104. The fourth-order valence-electron chi connectivity index (χ4n) is 4.46. The Bertz CT molecular complexity index is 1300. The van der Waals surface area contributed by atoms with Crippen molar-refractivity contribution in [1.82, 2.24) is 9.55 Å². The molecule has 0 radical (unpaired) electrons. The number of rotatable bonds is 8. The van der Waals surface area contributed by atoms with E-state index >= 15 is 0 Å². The minimum Gasteiger partial charge on any atom is -0.497 e. The van der Waals surface area contributed by atoms with Crippen LogP contribution in [0.4, 0.5) is 0 Å². The lowest BCUT2D eigenvalue weighted by atomic mass is 10.0. The molecule has 1 aliphatic rings. The smallest absolute Gasteiger partial charge is 0.176 e. The number of ether oxygens (including phenoxy) is 4. The summed E-state index contributed by atoms with van der Waals surface area (Å²) in [4.78, 5) is 6.22. The highest BCUT2D eigenvalue weighted by atomic mass is 32.2. The van der Waals surface area contributed by atoms with E-state index in [1.807, 2.05) is 42.5 Å². The number of hydrogen-bond donors (Lipinski definition) is 0. The van der Waals surface area contributed by atoms with Gasteiger partial charge in [-0.25, -0.2) is 4.98 Å². The van der Waals surface area contributed by atoms with Crippen molar-refractivity contribution < 1.29 is 18.9 Å². The molecule has 5 rings (SSSR count). The molecule has 1 atom stereocenters. The van der Waals surface area contributed by atoms with Gasteiger partial charge in [-0.1, -0.05) is 12.1 Å². The Morgan fingerprint density at radius 1 is 0.806 bits per heavy atom. The van der Waals surface area contributed by atoms with E-state index in [9.17, 15) is 0 Å². The second-order valence-corrected chi connectivity index (χ2v) is 9.50. The lowest BCUT2D eigenvalue weighted by molar-refractivity contribution is -0.0359. The molecule has 6 nitrogen and oxygen atoms in total. The summed E-state index contributed by atoms with van der Waals surface area (Å²) in [5.74, 6) is 2.44. The second-order valence-electron chi connectivity index (χ2n) is 8.49. The SMILES string of the molecule is COc1ccc(-c2nc(Sc3ccccc3OC)n(C3CCCCO3)c2-c2ccc(OC)cc2)cc1. The molecule has 0 amide bonds. The van der Waals surface area contributed by atoms with E-state index in [2.05, 4.69) is 34.9 Å². The van der Waals surface area contributed by atoms with Crippen LogP contribution in [0.25, 0.3) is 22.5 Å². The largest absolute Gasteiger partial charge is 0.497 e. The molecule has 1 saturated heterocycles. The van der Waals surface area contributed by atoms with Gasteiger partial charge < -0.3 is 18.9 Å². The average Bonchev–Trinajstić information content (AvgIpc) is 3.32. The predicted octanol–water partition coefficient (Wildman–Crippen LogP) is 7.09. The first-order valence-corrected chi connectivity index (χ1v) is 12.9. The Hall–Kier alpha value is -3.42. The van der Waals surface area contributed by atoms with Crippen molar-refractivity contribution in [3.8, 4) is 39.8 Å². The van der Waals surface area contributed by atoms with Crippen LogP contribution in [-0.4, -0.2) is 37.5 Å². The normalized spacial score (nSPS) is 15.5. The maximum Gasteiger partial charge on any atom is 0.176 e. The van der Waals surface area contributed by atoms with Crippen LogP contribution in [0.2, 0.25) is 0 Å². The van der Waals surface area contributed by atoms with Crippen molar-refractivity contribution >= 4 is 11.8 Å². The summed E-state index contributed by atoms with van der Waals surface area (Å²) in [6.07, 6.45) is 3.01. The maximum atomic E-state index is 6.33. The number of imidazole rings is 1. The summed E-state index contributed by atoms with van der Waals surface area (Å²) in [7, 11) is 5.05. The highest BCUT2D eigenvalue weighted by Gasteiger charge is 2.28. The van der Waals surface area contributed by atoms with E-state index in [-0.39, 0.29) is 6.23 Å². The van der Waals surface area contributed by atoms with Gasteiger partial charge in [0.25, 0.3) is 0 Å². The molecule has 0 spiro atoms. The van der Waals surface area contributed by atoms with Crippen molar-refractivity contribution in [3.63, 3.8) is 0 Å². The molecule has 0 bridgehead atoms. The molecular formula is C29H30N2O4S. The molecule has 2 heterocycles. The first-order valence-electron chi connectivity index (χ1n) is 12.1. The number of para-hydroxylation sites is 1. The van der Waals surface area contributed by atoms with Crippen LogP contribution in [0.15, 0.2) is 82.8 Å². The van der Waals surface area contributed by atoms with Crippen LogP contribution in [0, 0.1) is 0 Å². The maximum absolute atomic E-state index is 6.33. The molecule has 4 aromatic rings. The average molecular weight is 503 g/mol. The van der Waals surface area contributed by atoms with Crippen molar-refractivity contribution in [2.75, 3.05) is 27.9 Å². The minimum atomic E-state index is -0.104. The molecule has 7 heteroatoms. The van der Waals surface area contributed by atoms with Gasteiger partial charge >= 0.3 is 0 Å². The lowest BCUT2D eigenvalue weighted by Gasteiger charge is -2.27. The Morgan fingerprint density at radius 2 is 1.47 bits per heavy atom. The van der Waals surface area contributed by atoms with Crippen LogP contribution in [-0.2, 0) is 4.74 Å². The Kier molecular flexibility index (Phi) is 7.49. The van der Waals surface area contributed by atoms with Crippen LogP contribution in [0.1, 0.15) is 25.5 Å². The summed E-state index contributed by atoms with van der Waals surface area (Å²) >= 11 is 1.60. The van der Waals surface area contributed by atoms with Gasteiger partial charge in [0.05, 0.1) is 37.6 Å². The van der Waals surface area contributed by atoms with E-state index in [0.29, 0.717) is 0 Å². The van der Waals surface area contributed by atoms with E-state index in [4.69, 9.17) is 23.9 Å². The number of aromatic nitrogens is 2. The fourth-order valence-corrected chi connectivity index (χ4v) is 5.49. The van der Waals surface area contributed by atoms with E-state index in [1.165, 1.54) is 0 Å². The van der Waals surface area contributed by atoms with Gasteiger partial charge in [0.15, 0.2) is 5.16 Å². The van der Waals surface area contributed by atoms with Crippen molar-refractivity contribution in [3.05, 3.63) is 72.8 Å². The van der Waals surface area contributed by atoms with E-state index in [1.54, 1.807) is 33.1 Å². The standard InChI is InChI=1S/C29H30N2O4S/c1-32-22-15-11-20(12-16-22)27-28(21-13-17-23(33-2)18-14-21)31(26-10-6-7-19-35-26)29(30-27)36-25-9-5-4-8-24(25)34-3/h4-5,8-9,11-18,26H,6-7,10,19H2,1-3H3. The number of hydrogen-bond acceptors (Lipinski definition) is 6. The summed E-state index contributed by atoms with van der Waals surface area (Å²) < 4.78 is 25.0. The molecule has 36 heavy (non-hydrogen) atoms. The second kappa shape index (κ2) is 11.1. The molecular weight excluding hydrogens is 472 g/mol.